The van der Waals surface area contributed by atoms with E-state index in [1.165, 1.54) is 25.7 Å². The first-order valence-electron chi connectivity index (χ1n) is 7.58. The van der Waals surface area contributed by atoms with E-state index in [1.807, 2.05) is 0 Å². The molecule has 100 valence electrons. The van der Waals surface area contributed by atoms with Gasteiger partial charge in [0, 0.05) is 5.94 Å². The lowest BCUT2D eigenvalue weighted by molar-refractivity contribution is -0.199. The molecule has 0 spiro atoms. The van der Waals surface area contributed by atoms with Crippen molar-refractivity contribution in [2.45, 2.75) is 64.1 Å². The normalized spacial score (nSPS) is 53.2. The lowest BCUT2D eigenvalue weighted by Crippen LogP contribution is -2.65. The first-order chi connectivity index (χ1) is 8.52. The maximum absolute atomic E-state index is 6.44. The zero-order chi connectivity index (χ0) is 12.5. The van der Waals surface area contributed by atoms with Gasteiger partial charge in [-0.1, -0.05) is 13.8 Å². The quantitative estimate of drug-likeness (QED) is 0.721. The van der Waals surface area contributed by atoms with Crippen molar-refractivity contribution in [2.75, 3.05) is 6.54 Å². The van der Waals surface area contributed by atoms with Crippen LogP contribution in [0, 0.1) is 17.3 Å². The summed E-state index contributed by atoms with van der Waals surface area (Å²) in [5.41, 5.74) is 0.416. The van der Waals surface area contributed by atoms with Crippen molar-refractivity contribution in [1.29, 1.82) is 0 Å². The van der Waals surface area contributed by atoms with Crippen molar-refractivity contribution in [2.24, 2.45) is 17.3 Å². The Morgan fingerprint density at radius 2 is 2.06 bits per heavy atom. The fraction of sp³-hybridized carbons (Fsp3) is 1.00. The van der Waals surface area contributed by atoms with E-state index in [-0.39, 0.29) is 12.7 Å². The Hall–Kier alpha value is -0.0551. The van der Waals surface area contributed by atoms with Crippen molar-refractivity contribution in [3.05, 3.63) is 0 Å². The highest BCUT2D eigenvalue weighted by Crippen LogP contribution is 2.65. The predicted molar refractivity (Wildman–Crippen MR) is 71.1 cm³/mol. The Kier molecular flexibility index (Phi) is 2.30. The molecule has 0 amide bonds. The van der Waals surface area contributed by atoms with Gasteiger partial charge in [0.15, 0.2) is 0 Å². The Balaban J connectivity index is 1.57. The molecule has 1 unspecified atom stereocenters. The summed E-state index contributed by atoms with van der Waals surface area (Å²) in [5, 5.41) is 3.52. The zero-order valence-corrected chi connectivity index (χ0v) is 11.7. The van der Waals surface area contributed by atoms with Crippen LogP contribution in [0.4, 0.5) is 0 Å². The van der Waals surface area contributed by atoms with E-state index in [9.17, 15) is 0 Å². The maximum atomic E-state index is 6.44. The average molecular weight is 249 g/mol. The highest BCUT2D eigenvalue weighted by Gasteiger charge is 2.68. The van der Waals surface area contributed by atoms with E-state index in [4.69, 9.17) is 9.31 Å². The van der Waals surface area contributed by atoms with Crippen LogP contribution in [-0.4, -0.2) is 31.3 Å². The molecule has 3 saturated carbocycles. The van der Waals surface area contributed by atoms with Gasteiger partial charge in [0.1, 0.15) is 0 Å². The first-order valence-corrected chi connectivity index (χ1v) is 7.58. The van der Waals surface area contributed by atoms with Crippen LogP contribution >= 0.6 is 0 Å². The summed E-state index contributed by atoms with van der Waals surface area (Å²) in [5.74, 6) is 1.95. The molecule has 5 atom stereocenters. The van der Waals surface area contributed by atoms with Gasteiger partial charge in [0.2, 0.25) is 0 Å². The Bertz CT molecular complexity index is 369. The standard InChI is InChI=1S/C14H24BNO2/c1-13(2)9-7-10(13)14(3)11(8-9)17-15(18-14)12-5-4-6-16-12/h9-12,16H,4-8H2,1-3H3/t9-,10-,11-,12?,14+/m1/s1. The number of nitrogens with one attached hydrogen (secondary N) is 1. The number of hydrogen-bond acceptors (Lipinski definition) is 3. The third-order valence-corrected chi connectivity index (χ3v) is 6.40. The molecule has 0 radical (unpaired) electrons. The van der Waals surface area contributed by atoms with Crippen molar-refractivity contribution >= 4 is 7.12 Å². The van der Waals surface area contributed by atoms with Crippen LogP contribution in [0.2, 0.25) is 0 Å². The molecule has 5 aliphatic rings. The Morgan fingerprint density at radius 3 is 2.72 bits per heavy atom. The van der Waals surface area contributed by atoms with Crippen LogP contribution in [-0.2, 0) is 9.31 Å². The molecule has 2 heterocycles. The second-order valence-corrected chi connectivity index (χ2v) is 7.54. The summed E-state index contributed by atoms with van der Waals surface area (Å²) in [7, 11) is -0.00218. The summed E-state index contributed by atoms with van der Waals surface area (Å²) < 4.78 is 12.7. The minimum atomic E-state index is -0.0345. The van der Waals surface area contributed by atoms with Crippen molar-refractivity contribution in [3.8, 4) is 0 Å². The molecule has 5 rings (SSSR count). The van der Waals surface area contributed by atoms with E-state index in [0.29, 0.717) is 23.4 Å². The zero-order valence-electron chi connectivity index (χ0n) is 11.7. The SMILES string of the molecule is CC1(C)[C@@H]2C[C@H]1[C@]1(C)OB(C3CCCN3)O[C@@H]1C2. The van der Waals surface area contributed by atoms with Gasteiger partial charge in [-0.25, -0.2) is 0 Å². The molecular formula is C14H24BNO2. The van der Waals surface area contributed by atoms with Crippen LogP contribution in [0.25, 0.3) is 0 Å². The lowest BCUT2D eigenvalue weighted by Gasteiger charge is -2.64. The molecule has 2 aliphatic heterocycles. The molecule has 5 fully saturated rings. The average Bonchev–Trinajstić information content (AvgIpc) is 2.92. The van der Waals surface area contributed by atoms with Gasteiger partial charge in [-0.3, -0.25) is 0 Å². The van der Waals surface area contributed by atoms with Crippen LogP contribution in [0.5, 0.6) is 0 Å². The number of hydrogen-bond donors (Lipinski definition) is 1. The molecule has 18 heavy (non-hydrogen) atoms. The Labute approximate surface area is 110 Å². The maximum Gasteiger partial charge on any atom is 0.475 e. The largest absolute Gasteiger partial charge is 0.475 e. The van der Waals surface area contributed by atoms with Gasteiger partial charge in [-0.15, -0.1) is 0 Å². The topological polar surface area (TPSA) is 30.5 Å². The molecule has 4 heteroatoms. The highest BCUT2D eigenvalue weighted by atomic mass is 16.7. The van der Waals surface area contributed by atoms with Gasteiger partial charge in [-0.2, -0.15) is 0 Å². The molecule has 0 aromatic carbocycles. The monoisotopic (exact) mass is 249 g/mol. The molecule has 2 bridgehead atoms. The molecule has 2 saturated heterocycles. The van der Waals surface area contributed by atoms with E-state index in [0.717, 1.165) is 12.5 Å². The van der Waals surface area contributed by atoms with E-state index in [2.05, 4.69) is 26.1 Å². The van der Waals surface area contributed by atoms with Gasteiger partial charge < -0.3 is 14.6 Å². The minimum absolute atomic E-state index is 0.00218. The molecule has 0 aromatic rings. The third kappa shape index (κ3) is 1.32. The van der Waals surface area contributed by atoms with Crippen LogP contribution in [0.3, 0.4) is 0 Å². The fourth-order valence-corrected chi connectivity index (χ4v) is 5.01. The number of rotatable bonds is 1. The van der Waals surface area contributed by atoms with Gasteiger partial charge in [0.25, 0.3) is 0 Å². The minimum Gasteiger partial charge on any atom is -0.404 e. The molecule has 3 aliphatic carbocycles. The highest BCUT2D eigenvalue weighted by molar-refractivity contribution is 6.47. The molecule has 1 N–H and O–H groups in total. The summed E-state index contributed by atoms with van der Waals surface area (Å²) in [4.78, 5) is 0. The van der Waals surface area contributed by atoms with Gasteiger partial charge in [0.05, 0.1) is 11.7 Å². The summed E-state index contributed by atoms with van der Waals surface area (Å²) >= 11 is 0. The Morgan fingerprint density at radius 1 is 1.22 bits per heavy atom. The van der Waals surface area contributed by atoms with E-state index < -0.39 is 0 Å². The summed E-state index contributed by atoms with van der Waals surface area (Å²) in [6.07, 6.45) is 5.33. The first kappa shape index (κ1) is 11.7. The summed E-state index contributed by atoms with van der Waals surface area (Å²) in [6.45, 7) is 8.25. The van der Waals surface area contributed by atoms with Crippen molar-refractivity contribution < 1.29 is 9.31 Å². The smallest absolute Gasteiger partial charge is 0.404 e. The van der Waals surface area contributed by atoms with Crippen LogP contribution in [0.15, 0.2) is 0 Å². The van der Waals surface area contributed by atoms with Gasteiger partial charge in [-0.05, 0) is 56.4 Å². The fourth-order valence-electron chi connectivity index (χ4n) is 5.01. The molecular weight excluding hydrogens is 225 g/mol. The predicted octanol–water partition coefficient (Wildman–Crippen LogP) is 2.01. The third-order valence-electron chi connectivity index (χ3n) is 6.40. The molecule has 3 nitrogen and oxygen atoms in total. The summed E-state index contributed by atoms with van der Waals surface area (Å²) in [6, 6.07) is 0. The second-order valence-electron chi connectivity index (χ2n) is 7.54. The van der Waals surface area contributed by atoms with E-state index >= 15 is 0 Å². The van der Waals surface area contributed by atoms with Crippen LogP contribution < -0.4 is 5.32 Å². The molecule has 0 aromatic heterocycles. The van der Waals surface area contributed by atoms with E-state index in [1.54, 1.807) is 0 Å². The lowest BCUT2D eigenvalue weighted by atomic mass is 9.43. The van der Waals surface area contributed by atoms with Gasteiger partial charge >= 0.3 is 7.12 Å². The van der Waals surface area contributed by atoms with Crippen molar-refractivity contribution in [3.63, 3.8) is 0 Å². The second kappa shape index (κ2) is 3.53. The van der Waals surface area contributed by atoms with Crippen LogP contribution in [0.1, 0.15) is 46.5 Å². The van der Waals surface area contributed by atoms with Crippen molar-refractivity contribution in [1.82, 2.24) is 5.32 Å².